The smallest absolute Gasteiger partial charge is 0.0360 e. The summed E-state index contributed by atoms with van der Waals surface area (Å²) in [4.78, 5) is 0. The molecule has 152 valence electrons. The van der Waals surface area contributed by atoms with Crippen molar-refractivity contribution in [1.29, 1.82) is 0 Å². The van der Waals surface area contributed by atoms with Crippen LogP contribution in [0.2, 0.25) is 0 Å². The van der Waals surface area contributed by atoms with Crippen LogP contribution in [0.15, 0.2) is 30.3 Å². The molecule has 28 heavy (non-hydrogen) atoms. The molecule has 2 unspecified atom stereocenters. The SMILES string of the molecule is CC(C)(C)C1(PCCCCC23CC4CC(CC(C4)C2)C3)C=Cc2ccccc21. The second-order valence-corrected chi connectivity index (χ2v) is 13.4. The molecule has 5 aliphatic carbocycles. The second-order valence-electron chi connectivity index (χ2n) is 11.8. The molecule has 0 radical (unpaired) electrons. The van der Waals surface area contributed by atoms with Gasteiger partial charge in [0.1, 0.15) is 0 Å². The van der Waals surface area contributed by atoms with Gasteiger partial charge in [0.2, 0.25) is 0 Å². The number of benzene rings is 1. The van der Waals surface area contributed by atoms with Gasteiger partial charge in [0.15, 0.2) is 0 Å². The highest BCUT2D eigenvalue weighted by Gasteiger charge is 2.50. The predicted molar refractivity (Wildman–Crippen MR) is 124 cm³/mol. The maximum Gasteiger partial charge on any atom is 0.0360 e. The topological polar surface area (TPSA) is 0 Å². The third-order valence-electron chi connectivity index (χ3n) is 8.78. The molecular weight excluding hydrogens is 355 g/mol. The van der Waals surface area contributed by atoms with Crippen LogP contribution in [0, 0.1) is 28.6 Å². The van der Waals surface area contributed by atoms with E-state index in [0.29, 0.717) is 0 Å². The fourth-order valence-corrected chi connectivity index (χ4v) is 9.86. The Hall–Kier alpha value is -0.610. The summed E-state index contributed by atoms with van der Waals surface area (Å²) in [6.45, 7) is 7.34. The lowest BCUT2D eigenvalue weighted by Crippen LogP contribution is -2.45. The normalized spacial score (nSPS) is 38.6. The number of fused-ring (bicyclic) bond motifs is 1. The van der Waals surface area contributed by atoms with Gasteiger partial charge >= 0.3 is 0 Å². The molecular formula is C27H39P. The van der Waals surface area contributed by atoms with Crippen molar-refractivity contribution in [3.8, 4) is 0 Å². The summed E-state index contributed by atoms with van der Waals surface area (Å²) in [6.07, 6.45) is 20.3. The highest BCUT2D eigenvalue weighted by molar-refractivity contribution is 7.40. The number of hydrogen-bond donors (Lipinski definition) is 0. The van der Waals surface area contributed by atoms with Gasteiger partial charge in [-0.05, 0) is 97.2 Å². The fourth-order valence-electron chi connectivity index (χ4n) is 7.89. The van der Waals surface area contributed by atoms with Gasteiger partial charge < -0.3 is 0 Å². The molecule has 1 heteroatoms. The molecule has 4 fully saturated rings. The molecule has 0 amide bonds. The van der Waals surface area contributed by atoms with Crippen LogP contribution in [-0.2, 0) is 5.16 Å². The molecule has 0 aromatic heterocycles. The lowest BCUT2D eigenvalue weighted by atomic mass is 9.48. The first kappa shape index (κ1) is 19.4. The summed E-state index contributed by atoms with van der Waals surface area (Å²) in [5.74, 6) is 3.33. The van der Waals surface area contributed by atoms with Crippen LogP contribution >= 0.6 is 8.58 Å². The number of rotatable bonds is 6. The van der Waals surface area contributed by atoms with Crippen LogP contribution in [0.4, 0.5) is 0 Å². The van der Waals surface area contributed by atoms with E-state index in [9.17, 15) is 0 Å². The summed E-state index contributed by atoms with van der Waals surface area (Å²) in [7, 11) is 1.01. The van der Waals surface area contributed by atoms with E-state index in [1.165, 1.54) is 31.0 Å². The lowest BCUT2D eigenvalue weighted by Gasteiger charge is -2.57. The Balaban J connectivity index is 1.19. The molecule has 1 aromatic carbocycles. The monoisotopic (exact) mass is 394 g/mol. The van der Waals surface area contributed by atoms with Crippen LogP contribution < -0.4 is 0 Å². The minimum atomic E-state index is 0.254. The third kappa shape index (κ3) is 3.23. The second kappa shape index (κ2) is 6.97. The number of allylic oxidation sites excluding steroid dienone is 1. The Labute approximate surface area is 174 Å². The highest BCUT2D eigenvalue weighted by Crippen LogP contribution is 2.62. The Bertz CT molecular complexity index is 716. The fraction of sp³-hybridized carbons (Fsp3) is 0.704. The summed E-state index contributed by atoms with van der Waals surface area (Å²) in [6, 6.07) is 9.13. The minimum Gasteiger partial charge on any atom is -0.106 e. The van der Waals surface area contributed by atoms with Gasteiger partial charge in [-0.3, -0.25) is 0 Å². The van der Waals surface area contributed by atoms with Gasteiger partial charge in [-0.1, -0.05) is 63.6 Å². The maximum atomic E-state index is 2.55. The van der Waals surface area contributed by atoms with Gasteiger partial charge in [-0.25, -0.2) is 0 Å². The summed E-state index contributed by atoms with van der Waals surface area (Å²) in [5.41, 5.74) is 4.11. The Morgan fingerprint density at radius 2 is 1.57 bits per heavy atom. The Morgan fingerprint density at radius 1 is 0.929 bits per heavy atom. The predicted octanol–water partition coefficient (Wildman–Crippen LogP) is 8.02. The minimum absolute atomic E-state index is 0.254. The molecule has 0 N–H and O–H groups in total. The van der Waals surface area contributed by atoms with Gasteiger partial charge in [-0.15, -0.1) is 8.58 Å². The standard InChI is InChI=1S/C27H39P/c1-25(2,3)27(12-10-23-8-4-5-9-24(23)27)28-13-7-6-11-26-17-20-14-21(18-26)16-22(15-20)19-26/h4-5,8-10,12,20-22,28H,6-7,11,13-19H2,1-3H3. The van der Waals surface area contributed by atoms with Gasteiger partial charge in [-0.2, -0.15) is 0 Å². The van der Waals surface area contributed by atoms with E-state index >= 15 is 0 Å². The van der Waals surface area contributed by atoms with Crippen LogP contribution in [0.25, 0.3) is 6.08 Å². The highest BCUT2D eigenvalue weighted by atomic mass is 31.1. The van der Waals surface area contributed by atoms with E-state index in [4.69, 9.17) is 0 Å². The zero-order chi connectivity index (χ0) is 19.4. The zero-order valence-electron chi connectivity index (χ0n) is 18.3. The largest absolute Gasteiger partial charge is 0.106 e. The molecule has 0 saturated heterocycles. The maximum absolute atomic E-state index is 2.55. The third-order valence-corrected chi connectivity index (χ3v) is 11.1. The first-order valence-electron chi connectivity index (χ1n) is 11.9. The Kier molecular flexibility index (Phi) is 4.82. The van der Waals surface area contributed by atoms with Crippen molar-refractivity contribution in [1.82, 2.24) is 0 Å². The van der Waals surface area contributed by atoms with Crippen molar-refractivity contribution in [2.75, 3.05) is 6.16 Å². The van der Waals surface area contributed by atoms with Gasteiger partial charge in [0, 0.05) is 5.16 Å². The van der Waals surface area contributed by atoms with E-state index in [-0.39, 0.29) is 10.6 Å². The van der Waals surface area contributed by atoms with Gasteiger partial charge in [0.05, 0.1) is 0 Å². The zero-order valence-corrected chi connectivity index (χ0v) is 19.3. The van der Waals surface area contributed by atoms with E-state index in [0.717, 1.165) is 31.7 Å². The summed E-state index contributed by atoms with van der Waals surface area (Å²) < 4.78 is 0. The van der Waals surface area contributed by atoms with Crippen molar-refractivity contribution >= 4 is 14.7 Å². The average molecular weight is 395 g/mol. The van der Waals surface area contributed by atoms with Crippen LogP contribution in [0.1, 0.15) is 89.7 Å². The van der Waals surface area contributed by atoms with E-state index in [1.54, 1.807) is 44.1 Å². The summed E-state index contributed by atoms with van der Waals surface area (Å²) in [5, 5.41) is 0.254. The van der Waals surface area contributed by atoms with E-state index in [2.05, 4.69) is 57.2 Å². The van der Waals surface area contributed by atoms with Crippen molar-refractivity contribution < 1.29 is 0 Å². The lowest BCUT2D eigenvalue weighted by molar-refractivity contribution is -0.0581. The molecule has 0 aliphatic heterocycles. The Morgan fingerprint density at radius 3 is 2.21 bits per heavy atom. The molecule has 1 aromatic rings. The first-order chi connectivity index (χ1) is 13.4. The molecule has 0 heterocycles. The van der Waals surface area contributed by atoms with Gasteiger partial charge in [0.25, 0.3) is 0 Å². The van der Waals surface area contributed by atoms with Crippen molar-refractivity contribution in [3.63, 3.8) is 0 Å². The van der Waals surface area contributed by atoms with Crippen molar-refractivity contribution in [2.45, 2.75) is 83.7 Å². The number of hydrogen-bond acceptors (Lipinski definition) is 0. The van der Waals surface area contributed by atoms with E-state index in [1.807, 2.05) is 0 Å². The molecule has 6 rings (SSSR count). The first-order valence-corrected chi connectivity index (χ1v) is 13.1. The van der Waals surface area contributed by atoms with Crippen LogP contribution in [0.3, 0.4) is 0 Å². The quantitative estimate of drug-likeness (QED) is 0.338. The molecule has 0 spiro atoms. The molecule has 4 saturated carbocycles. The molecule has 2 atom stereocenters. The van der Waals surface area contributed by atoms with Crippen LogP contribution in [0.5, 0.6) is 0 Å². The number of unbranched alkanes of at least 4 members (excludes halogenated alkanes) is 1. The molecule has 4 bridgehead atoms. The van der Waals surface area contributed by atoms with E-state index < -0.39 is 0 Å². The van der Waals surface area contributed by atoms with Crippen molar-refractivity contribution in [2.24, 2.45) is 28.6 Å². The molecule has 5 aliphatic rings. The van der Waals surface area contributed by atoms with Crippen molar-refractivity contribution in [3.05, 3.63) is 41.5 Å². The average Bonchev–Trinajstić information content (AvgIpc) is 3.00. The molecule has 0 nitrogen and oxygen atoms in total. The summed E-state index contributed by atoms with van der Waals surface area (Å²) >= 11 is 0. The van der Waals surface area contributed by atoms with Crippen LogP contribution in [-0.4, -0.2) is 6.16 Å².